The Hall–Kier alpha value is -1.81. The molecule has 1 aromatic heterocycles. The molecule has 5 heteroatoms. The van der Waals surface area contributed by atoms with E-state index in [2.05, 4.69) is 9.97 Å². The van der Waals surface area contributed by atoms with E-state index < -0.39 is 0 Å². The molecule has 1 aromatic carbocycles. The van der Waals surface area contributed by atoms with Crippen LogP contribution >= 0.6 is 11.6 Å². The number of halogens is 1. The molecule has 0 aliphatic heterocycles. The summed E-state index contributed by atoms with van der Waals surface area (Å²) in [4.78, 5) is 17.9. The van der Waals surface area contributed by atoms with E-state index in [0.29, 0.717) is 21.9 Å². The maximum atomic E-state index is 11.5. The van der Waals surface area contributed by atoms with Gasteiger partial charge in [0.1, 0.15) is 5.75 Å². The second-order valence-corrected chi connectivity index (χ2v) is 3.55. The lowest BCUT2D eigenvalue weighted by molar-refractivity contribution is 0.415. The molecule has 82 valence electrons. The zero-order valence-electron chi connectivity index (χ0n) is 8.53. The summed E-state index contributed by atoms with van der Waals surface area (Å²) in [6, 6.07) is 5.15. The van der Waals surface area contributed by atoms with Gasteiger partial charge in [0, 0.05) is 6.20 Å². The summed E-state index contributed by atoms with van der Waals surface area (Å²) in [7, 11) is 1.54. The van der Waals surface area contributed by atoms with E-state index in [1.807, 2.05) is 0 Å². The van der Waals surface area contributed by atoms with Crippen LogP contribution in [0.3, 0.4) is 0 Å². The van der Waals surface area contributed by atoms with Crippen LogP contribution < -0.4 is 10.3 Å². The Morgan fingerprint density at radius 3 is 2.88 bits per heavy atom. The highest BCUT2D eigenvalue weighted by Gasteiger charge is 2.06. The second kappa shape index (κ2) is 4.37. The van der Waals surface area contributed by atoms with Crippen LogP contribution in [0.25, 0.3) is 11.1 Å². The highest BCUT2D eigenvalue weighted by Crippen LogP contribution is 2.28. The molecule has 0 saturated carbocycles. The third-order valence-corrected chi connectivity index (χ3v) is 2.48. The normalized spacial score (nSPS) is 10.1. The summed E-state index contributed by atoms with van der Waals surface area (Å²) in [5, 5.41) is 0.461. The van der Waals surface area contributed by atoms with Gasteiger partial charge in [-0.2, -0.15) is 0 Å². The minimum absolute atomic E-state index is 0.198. The molecule has 16 heavy (non-hydrogen) atoms. The predicted octanol–water partition coefficient (Wildman–Crippen LogP) is 2.10. The fourth-order valence-electron chi connectivity index (χ4n) is 1.38. The Morgan fingerprint density at radius 1 is 1.44 bits per heavy atom. The molecule has 2 rings (SSSR count). The highest BCUT2D eigenvalue weighted by atomic mass is 35.5. The first-order chi connectivity index (χ1) is 7.72. The quantitative estimate of drug-likeness (QED) is 0.869. The van der Waals surface area contributed by atoms with E-state index in [1.165, 1.54) is 19.6 Å². The summed E-state index contributed by atoms with van der Waals surface area (Å²) in [6.07, 6.45) is 2.84. The van der Waals surface area contributed by atoms with E-state index >= 15 is 0 Å². The van der Waals surface area contributed by atoms with Crippen molar-refractivity contribution in [3.05, 3.63) is 46.1 Å². The van der Waals surface area contributed by atoms with Gasteiger partial charge in [0.2, 0.25) is 0 Å². The second-order valence-electron chi connectivity index (χ2n) is 3.14. The van der Waals surface area contributed by atoms with Crippen molar-refractivity contribution in [2.24, 2.45) is 0 Å². The van der Waals surface area contributed by atoms with Crippen molar-refractivity contribution in [3.63, 3.8) is 0 Å². The molecule has 0 amide bonds. The minimum atomic E-state index is -0.198. The zero-order chi connectivity index (χ0) is 11.5. The van der Waals surface area contributed by atoms with Crippen LogP contribution in [-0.2, 0) is 0 Å². The standard InChI is InChI=1S/C11H9ClN2O2/c1-16-10-3-2-7(4-9(10)12)8-5-13-6-14-11(8)15/h2-6H,1H3,(H,13,14,15). The first-order valence-corrected chi connectivity index (χ1v) is 4.97. The van der Waals surface area contributed by atoms with Gasteiger partial charge in [-0.25, -0.2) is 4.98 Å². The van der Waals surface area contributed by atoms with Crippen LogP contribution in [0.5, 0.6) is 5.75 Å². The van der Waals surface area contributed by atoms with Gasteiger partial charge in [0.15, 0.2) is 0 Å². The van der Waals surface area contributed by atoms with E-state index in [-0.39, 0.29) is 5.56 Å². The van der Waals surface area contributed by atoms with Gasteiger partial charge >= 0.3 is 0 Å². The highest BCUT2D eigenvalue weighted by molar-refractivity contribution is 6.32. The van der Waals surface area contributed by atoms with Crippen LogP contribution in [0.1, 0.15) is 0 Å². The molecule has 0 aliphatic carbocycles. The lowest BCUT2D eigenvalue weighted by Crippen LogP contribution is -2.08. The average molecular weight is 237 g/mol. The molecule has 0 radical (unpaired) electrons. The van der Waals surface area contributed by atoms with Crippen molar-refractivity contribution in [1.82, 2.24) is 9.97 Å². The van der Waals surface area contributed by atoms with Crippen molar-refractivity contribution in [3.8, 4) is 16.9 Å². The smallest absolute Gasteiger partial charge is 0.258 e. The number of ether oxygens (including phenoxy) is 1. The Bertz CT molecular complexity index is 566. The van der Waals surface area contributed by atoms with Crippen molar-refractivity contribution in [2.75, 3.05) is 7.11 Å². The monoisotopic (exact) mass is 236 g/mol. The Morgan fingerprint density at radius 2 is 2.25 bits per heavy atom. The summed E-state index contributed by atoms with van der Waals surface area (Å²) >= 11 is 5.97. The molecule has 0 atom stereocenters. The van der Waals surface area contributed by atoms with Gasteiger partial charge in [-0.3, -0.25) is 4.79 Å². The third-order valence-electron chi connectivity index (χ3n) is 2.18. The Kier molecular flexibility index (Phi) is 2.92. The van der Waals surface area contributed by atoms with E-state index in [4.69, 9.17) is 16.3 Å². The molecule has 0 bridgehead atoms. The Labute approximate surface area is 96.9 Å². The van der Waals surface area contributed by atoms with Gasteiger partial charge in [-0.05, 0) is 17.7 Å². The number of nitrogens with one attached hydrogen (secondary N) is 1. The molecule has 1 heterocycles. The number of hydrogen-bond acceptors (Lipinski definition) is 3. The first-order valence-electron chi connectivity index (χ1n) is 4.59. The summed E-state index contributed by atoms with van der Waals surface area (Å²) < 4.78 is 5.03. The molecule has 0 saturated heterocycles. The number of benzene rings is 1. The van der Waals surface area contributed by atoms with Crippen LogP contribution in [-0.4, -0.2) is 17.1 Å². The zero-order valence-corrected chi connectivity index (χ0v) is 9.28. The van der Waals surface area contributed by atoms with E-state index in [0.717, 1.165) is 0 Å². The number of rotatable bonds is 2. The molecule has 0 spiro atoms. The molecule has 0 unspecified atom stereocenters. The minimum Gasteiger partial charge on any atom is -0.495 e. The van der Waals surface area contributed by atoms with Crippen LogP contribution in [0.15, 0.2) is 35.5 Å². The lowest BCUT2D eigenvalue weighted by Gasteiger charge is -2.05. The van der Waals surface area contributed by atoms with E-state index in [1.54, 1.807) is 18.2 Å². The molecule has 0 aliphatic rings. The van der Waals surface area contributed by atoms with Crippen molar-refractivity contribution >= 4 is 11.6 Å². The molecular formula is C11H9ClN2O2. The molecular weight excluding hydrogens is 228 g/mol. The fraction of sp³-hybridized carbons (Fsp3) is 0.0909. The molecule has 2 aromatic rings. The van der Waals surface area contributed by atoms with E-state index in [9.17, 15) is 4.79 Å². The van der Waals surface area contributed by atoms with Crippen molar-refractivity contribution in [2.45, 2.75) is 0 Å². The number of aromatic amines is 1. The largest absolute Gasteiger partial charge is 0.495 e. The molecule has 0 fully saturated rings. The van der Waals surface area contributed by atoms with Gasteiger partial charge in [0.05, 0.1) is 24.0 Å². The topological polar surface area (TPSA) is 55.0 Å². The van der Waals surface area contributed by atoms with Gasteiger partial charge in [-0.15, -0.1) is 0 Å². The summed E-state index contributed by atoms with van der Waals surface area (Å²) in [5.41, 5.74) is 0.989. The number of aromatic nitrogens is 2. The van der Waals surface area contributed by atoms with Crippen LogP contribution in [0, 0.1) is 0 Å². The van der Waals surface area contributed by atoms with Crippen molar-refractivity contribution < 1.29 is 4.74 Å². The Balaban J connectivity index is 2.54. The number of methoxy groups -OCH3 is 1. The number of nitrogens with zero attached hydrogens (tertiary/aromatic N) is 1. The average Bonchev–Trinajstić information content (AvgIpc) is 2.29. The van der Waals surface area contributed by atoms with Crippen molar-refractivity contribution in [1.29, 1.82) is 0 Å². The summed E-state index contributed by atoms with van der Waals surface area (Å²) in [5.74, 6) is 0.575. The lowest BCUT2D eigenvalue weighted by atomic mass is 10.1. The SMILES string of the molecule is COc1ccc(-c2cnc[nH]c2=O)cc1Cl. The third kappa shape index (κ3) is 1.92. The number of H-pyrrole nitrogens is 1. The number of hydrogen-bond donors (Lipinski definition) is 1. The van der Waals surface area contributed by atoms with Crippen LogP contribution in [0.2, 0.25) is 5.02 Å². The maximum absolute atomic E-state index is 11.5. The van der Waals surface area contributed by atoms with Gasteiger partial charge in [0.25, 0.3) is 5.56 Å². The van der Waals surface area contributed by atoms with Gasteiger partial charge in [-0.1, -0.05) is 17.7 Å². The van der Waals surface area contributed by atoms with Crippen LogP contribution in [0.4, 0.5) is 0 Å². The van der Waals surface area contributed by atoms with Gasteiger partial charge < -0.3 is 9.72 Å². The predicted molar refractivity (Wildman–Crippen MR) is 61.9 cm³/mol. The first kappa shape index (κ1) is 10.7. The fourth-order valence-corrected chi connectivity index (χ4v) is 1.64. The maximum Gasteiger partial charge on any atom is 0.258 e. The molecule has 4 nitrogen and oxygen atoms in total. The summed E-state index contributed by atoms with van der Waals surface area (Å²) in [6.45, 7) is 0. The molecule has 1 N–H and O–H groups in total.